The molecule has 5 nitrogen and oxygen atoms in total. The minimum atomic E-state index is -0.485. The van der Waals surface area contributed by atoms with Crippen molar-refractivity contribution in [1.82, 2.24) is 5.43 Å². The summed E-state index contributed by atoms with van der Waals surface area (Å²) in [6, 6.07) is 15.1. The van der Waals surface area contributed by atoms with E-state index in [1.807, 2.05) is 6.07 Å². The van der Waals surface area contributed by atoms with E-state index in [2.05, 4.69) is 10.5 Å². The van der Waals surface area contributed by atoms with Gasteiger partial charge in [0.25, 0.3) is 5.91 Å². The second-order valence-corrected chi connectivity index (χ2v) is 4.34. The SMILES string of the molecule is CC(=NNC(=O)c1ccccc1O)c1ccc(C#N)cc1. The van der Waals surface area contributed by atoms with Crippen LogP contribution < -0.4 is 5.43 Å². The van der Waals surface area contributed by atoms with Crippen molar-refractivity contribution in [2.45, 2.75) is 6.92 Å². The molecule has 0 aliphatic rings. The van der Waals surface area contributed by atoms with Crippen LogP contribution in [0, 0.1) is 11.3 Å². The number of carbonyl (C=O) groups excluding carboxylic acids is 1. The number of phenolic OH excluding ortho intramolecular Hbond substituents is 1. The molecular formula is C16H13N3O2. The highest BCUT2D eigenvalue weighted by atomic mass is 16.3. The lowest BCUT2D eigenvalue weighted by Gasteiger charge is -2.04. The summed E-state index contributed by atoms with van der Waals surface area (Å²) in [4.78, 5) is 11.9. The highest BCUT2D eigenvalue weighted by Crippen LogP contribution is 2.15. The van der Waals surface area contributed by atoms with Crippen LogP contribution in [-0.2, 0) is 0 Å². The Balaban J connectivity index is 2.11. The number of carbonyl (C=O) groups is 1. The molecule has 2 rings (SSSR count). The molecule has 0 aromatic heterocycles. The van der Waals surface area contributed by atoms with Crippen LogP contribution in [0.25, 0.3) is 0 Å². The Morgan fingerprint density at radius 2 is 1.86 bits per heavy atom. The van der Waals surface area contributed by atoms with Crippen molar-refractivity contribution >= 4 is 11.6 Å². The van der Waals surface area contributed by atoms with Crippen LogP contribution in [0.2, 0.25) is 0 Å². The predicted molar refractivity (Wildman–Crippen MR) is 78.9 cm³/mol. The molecule has 2 aromatic carbocycles. The molecule has 0 atom stereocenters. The number of nitriles is 1. The number of hydrazone groups is 1. The molecule has 0 bridgehead atoms. The van der Waals surface area contributed by atoms with Gasteiger partial charge in [-0.3, -0.25) is 4.79 Å². The molecule has 0 heterocycles. The molecule has 0 fully saturated rings. The second kappa shape index (κ2) is 6.35. The largest absolute Gasteiger partial charge is 0.507 e. The van der Waals surface area contributed by atoms with Gasteiger partial charge in [0, 0.05) is 0 Å². The van der Waals surface area contributed by atoms with Gasteiger partial charge in [0.1, 0.15) is 5.75 Å². The average molecular weight is 279 g/mol. The molecule has 0 radical (unpaired) electrons. The van der Waals surface area contributed by atoms with Gasteiger partial charge in [-0.25, -0.2) is 5.43 Å². The fourth-order valence-corrected chi connectivity index (χ4v) is 1.71. The Hall–Kier alpha value is -3.13. The van der Waals surface area contributed by atoms with Gasteiger partial charge in [-0.05, 0) is 36.8 Å². The van der Waals surface area contributed by atoms with Gasteiger partial charge >= 0.3 is 0 Å². The van der Waals surface area contributed by atoms with E-state index >= 15 is 0 Å². The number of nitrogens with zero attached hydrogens (tertiary/aromatic N) is 2. The van der Waals surface area contributed by atoms with E-state index in [-0.39, 0.29) is 11.3 Å². The van der Waals surface area contributed by atoms with Crippen LogP contribution in [0.15, 0.2) is 53.6 Å². The van der Waals surface area contributed by atoms with Crippen molar-refractivity contribution < 1.29 is 9.90 Å². The van der Waals surface area contributed by atoms with Gasteiger partial charge in [0.2, 0.25) is 0 Å². The number of para-hydroxylation sites is 1. The maximum absolute atomic E-state index is 11.9. The third kappa shape index (κ3) is 3.45. The highest BCUT2D eigenvalue weighted by molar-refractivity contribution is 6.01. The number of nitrogens with one attached hydrogen (secondary N) is 1. The number of benzene rings is 2. The topological polar surface area (TPSA) is 85.5 Å². The molecule has 2 N–H and O–H groups in total. The first kappa shape index (κ1) is 14.3. The van der Waals surface area contributed by atoms with Crippen molar-refractivity contribution in [2.75, 3.05) is 0 Å². The number of hydrogen-bond acceptors (Lipinski definition) is 4. The fraction of sp³-hybridized carbons (Fsp3) is 0.0625. The molecule has 1 amide bonds. The van der Waals surface area contributed by atoms with E-state index in [0.29, 0.717) is 11.3 Å². The van der Waals surface area contributed by atoms with E-state index in [0.717, 1.165) is 5.56 Å². The highest BCUT2D eigenvalue weighted by Gasteiger charge is 2.09. The first-order chi connectivity index (χ1) is 10.1. The Morgan fingerprint density at radius 1 is 1.19 bits per heavy atom. The second-order valence-electron chi connectivity index (χ2n) is 4.34. The van der Waals surface area contributed by atoms with Crippen molar-refractivity contribution in [1.29, 1.82) is 5.26 Å². The summed E-state index contributed by atoms with van der Waals surface area (Å²) in [6.07, 6.45) is 0. The molecule has 0 saturated heterocycles. The Bertz CT molecular complexity index is 728. The minimum absolute atomic E-state index is 0.0961. The quantitative estimate of drug-likeness (QED) is 0.668. The van der Waals surface area contributed by atoms with E-state index in [4.69, 9.17) is 5.26 Å². The van der Waals surface area contributed by atoms with Crippen LogP contribution in [0.3, 0.4) is 0 Å². The summed E-state index contributed by atoms with van der Waals surface area (Å²) in [7, 11) is 0. The summed E-state index contributed by atoms with van der Waals surface area (Å²) in [5.74, 6) is -0.581. The maximum Gasteiger partial charge on any atom is 0.275 e. The molecule has 104 valence electrons. The first-order valence-corrected chi connectivity index (χ1v) is 6.25. The van der Waals surface area contributed by atoms with E-state index in [1.54, 1.807) is 43.3 Å². The van der Waals surface area contributed by atoms with E-state index < -0.39 is 5.91 Å². The van der Waals surface area contributed by atoms with Crippen LogP contribution in [-0.4, -0.2) is 16.7 Å². The van der Waals surface area contributed by atoms with E-state index in [1.165, 1.54) is 12.1 Å². The minimum Gasteiger partial charge on any atom is -0.507 e. The summed E-state index contributed by atoms with van der Waals surface area (Å²) in [5, 5.41) is 22.3. The zero-order chi connectivity index (χ0) is 15.2. The number of amides is 1. The van der Waals surface area contributed by atoms with Gasteiger partial charge in [0.15, 0.2) is 0 Å². The predicted octanol–water partition coefficient (Wildman–Crippen LogP) is 2.42. The van der Waals surface area contributed by atoms with E-state index in [9.17, 15) is 9.90 Å². The molecule has 0 aliphatic carbocycles. The van der Waals surface area contributed by atoms with Gasteiger partial charge in [-0.2, -0.15) is 10.4 Å². The Kier molecular flexibility index (Phi) is 4.32. The Labute approximate surface area is 122 Å². The lowest BCUT2D eigenvalue weighted by Crippen LogP contribution is -2.19. The van der Waals surface area contributed by atoms with Crippen molar-refractivity contribution in [3.8, 4) is 11.8 Å². The molecule has 0 saturated carbocycles. The van der Waals surface area contributed by atoms with Crippen LogP contribution in [0.4, 0.5) is 0 Å². The smallest absolute Gasteiger partial charge is 0.275 e. The Morgan fingerprint density at radius 3 is 2.48 bits per heavy atom. The lowest BCUT2D eigenvalue weighted by atomic mass is 10.1. The zero-order valence-electron chi connectivity index (χ0n) is 11.4. The standard InChI is InChI=1S/C16H13N3O2/c1-11(13-8-6-12(10-17)7-9-13)18-19-16(21)14-4-2-3-5-15(14)20/h2-9,20H,1H3,(H,19,21). The van der Waals surface area contributed by atoms with Gasteiger partial charge in [0.05, 0.1) is 22.9 Å². The number of aromatic hydroxyl groups is 1. The first-order valence-electron chi connectivity index (χ1n) is 6.25. The van der Waals surface area contributed by atoms with Gasteiger partial charge < -0.3 is 5.11 Å². The molecule has 2 aromatic rings. The summed E-state index contributed by atoms with van der Waals surface area (Å²) in [5.41, 5.74) is 4.51. The fourth-order valence-electron chi connectivity index (χ4n) is 1.71. The number of phenols is 1. The molecular weight excluding hydrogens is 266 g/mol. The monoisotopic (exact) mass is 279 g/mol. The summed E-state index contributed by atoms with van der Waals surface area (Å²) in [6.45, 7) is 1.74. The average Bonchev–Trinajstić information content (AvgIpc) is 2.52. The maximum atomic E-state index is 11.9. The van der Waals surface area contributed by atoms with Crippen LogP contribution in [0.5, 0.6) is 5.75 Å². The summed E-state index contributed by atoms with van der Waals surface area (Å²) < 4.78 is 0. The lowest BCUT2D eigenvalue weighted by molar-refractivity contribution is 0.0952. The zero-order valence-corrected chi connectivity index (χ0v) is 11.4. The van der Waals surface area contributed by atoms with Crippen molar-refractivity contribution in [3.05, 3.63) is 65.2 Å². The van der Waals surface area contributed by atoms with Crippen LogP contribution in [0.1, 0.15) is 28.4 Å². The molecule has 21 heavy (non-hydrogen) atoms. The number of hydrogen-bond donors (Lipinski definition) is 2. The molecule has 0 spiro atoms. The van der Waals surface area contributed by atoms with Crippen molar-refractivity contribution in [3.63, 3.8) is 0 Å². The third-order valence-corrected chi connectivity index (χ3v) is 2.91. The molecule has 0 aliphatic heterocycles. The van der Waals surface area contributed by atoms with Gasteiger partial charge in [-0.15, -0.1) is 0 Å². The molecule has 0 unspecified atom stereocenters. The molecule has 5 heteroatoms. The normalized spacial score (nSPS) is 10.8. The summed E-state index contributed by atoms with van der Waals surface area (Å²) >= 11 is 0. The van der Waals surface area contributed by atoms with Crippen LogP contribution >= 0.6 is 0 Å². The van der Waals surface area contributed by atoms with Crippen molar-refractivity contribution in [2.24, 2.45) is 5.10 Å². The number of rotatable bonds is 3. The third-order valence-electron chi connectivity index (χ3n) is 2.91. The van der Waals surface area contributed by atoms with Gasteiger partial charge in [-0.1, -0.05) is 24.3 Å².